The van der Waals surface area contributed by atoms with E-state index < -0.39 is 0 Å². The van der Waals surface area contributed by atoms with Gasteiger partial charge in [0.05, 0.1) is 19.3 Å². The van der Waals surface area contributed by atoms with E-state index in [1.54, 1.807) is 12.7 Å². The Morgan fingerprint density at radius 3 is 2.73 bits per heavy atom. The van der Waals surface area contributed by atoms with Gasteiger partial charge in [0, 0.05) is 24.3 Å². The van der Waals surface area contributed by atoms with Crippen LogP contribution < -0.4 is 5.32 Å². The Hall–Kier alpha value is -2.47. The lowest BCUT2D eigenvalue weighted by Gasteiger charge is -2.12. The number of hydrogen-bond donors (Lipinski definition) is 1. The monoisotopic (exact) mass is 296 g/mol. The van der Waals surface area contributed by atoms with Crippen LogP contribution in [-0.4, -0.2) is 30.6 Å². The summed E-state index contributed by atoms with van der Waals surface area (Å²) in [6.07, 6.45) is 7.29. The number of rotatable bonds is 7. The Balaban J connectivity index is 1.49. The summed E-state index contributed by atoms with van der Waals surface area (Å²) in [6.45, 7) is 4.54. The summed E-state index contributed by atoms with van der Waals surface area (Å²) in [5.74, 6) is 0. The SMILES string of the molecule is CC(Cn1cncn1)NCc1cnn(Cc2ccccc2)c1. The molecule has 3 rings (SSSR count). The van der Waals surface area contributed by atoms with Crippen LogP contribution in [0.1, 0.15) is 18.1 Å². The maximum atomic E-state index is 4.41. The summed E-state index contributed by atoms with van der Waals surface area (Å²) in [7, 11) is 0. The van der Waals surface area contributed by atoms with Crippen molar-refractivity contribution in [3.05, 3.63) is 66.5 Å². The second-order valence-electron chi connectivity index (χ2n) is 5.43. The van der Waals surface area contributed by atoms with Crippen molar-refractivity contribution in [2.24, 2.45) is 0 Å². The van der Waals surface area contributed by atoms with E-state index in [1.807, 2.05) is 33.8 Å². The first-order chi connectivity index (χ1) is 10.8. The molecule has 0 aliphatic heterocycles. The van der Waals surface area contributed by atoms with Gasteiger partial charge < -0.3 is 5.32 Å². The number of nitrogens with zero attached hydrogens (tertiary/aromatic N) is 5. The molecule has 2 aromatic heterocycles. The molecule has 0 radical (unpaired) electrons. The molecule has 1 atom stereocenters. The third-order valence-electron chi connectivity index (χ3n) is 3.46. The van der Waals surface area contributed by atoms with E-state index >= 15 is 0 Å². The Morgan fingerprint density at radius 1 is 1.09 bits per heavy atom. The minimum atomic E-state index is 0.319. The fraction of sp³-hybridized carbons (Fsp3) is 0.312. The Bertz CT molecular complexity index is 674. The molecule has 0 amide bonds. The zero-order valence-electron chi connectivity index (χ0n) is 12.6. The van der Waals surface area contributed by atoms with E-state index in [0.29, 0.717) is 6.04 Å². The van der Waals surface area contributed by atoms with Crippen LogP contribution >= 0.6 is 0 Å². The lowest BCUT2D eigenvalue weighted by molar-refractivity contribution is 0.450. The molecule has 22 heavy (non-hydrogen) atoms. The number of nitrogens with one attached hydrogen (secondary N) is 1. The second-order valence-corrected chi connectivity index (χ2v) is 5.43. The van der Waals surface area contributed by atoms with Gasteiger partial charge in [-0.3, -0.25) is 9.36 Å². The van der Waals surface area contributed by atoms with E-state index in [2.05, 4.69) is 45.8 Å². The molecule has 3 aromatic rings. The molecule has 114 valence electrons. The van der Waals surface area contributed by atoms with Gasteiger partial charge in [-0.15, -0.1) is 0 Å². The van der Waals surface area contributed by atoms with E-state index in [0.717, 1.165) is 19.6 Å². The molecule has 0 spiro atoms. The van der Waals surface area contributed by atoms with Crippen molar-refractivity contribution in [1.29, 1.82) is 0 Å². The summed E-state index contributed by atoms with van der Waals surface area (Å²) < 4.78 is 3.80. The highest BCUT2D eigenvalue weighted by Crippen LogP contribution is 2.04. The van der Waals surface area contributed by atoms with Gasteiger partial charge in [-0.25, -0.2) is 4.98 Å². The molecule has 0 fully saturated rings. The van der Waals surface area contributed by atoms with Crippen LogP contribution in [0.4, 0.5) is 0 Å². The van der Waals surface area contributed by atoms with Gasteiger partial charge in [0.15, 0.2) is 0 Å². The molecule has 0 aliphatic carbocycles. The van der Waals surface area contributed by atoms with Gasteiger partial charge in [-0.05, 0) is 12.5 Å². The van der Waals surface area contributed by atoms with Crippen LogP contribution in [0.3, 0.4) is 0 Å². The highest BCUT2D eigenvalue weighted by molar-refractivity contribution is 5.15. The van der Waals surface area contributed by atoms with Crippen molar-refractivity contribution in [2.75, 3.05) is 0 Å². The minimum Gasteiger partial charge on any atom is -0.308 e. The quantitative estimate of drug-likeness (QED) is 0.721. The predicted octanol–water partition coefficient (Wildman–Crippen LogP) is 1.70. The molecular formula is C16H20N6. The first-order valence-corrected chi connectivity index (χ1v) is 7.40. The van der Waals surface area contributed by atoms with Gasteiger partial charge in [0.25, 0.3) is 0 Å². The van der Waals surface area contributed by atoms with E-state index in [4.69, 9.17) is 0 Å². The lowest BCUT2D eigenvalue weighted by Crippen LogP contribution is -2.30. The van der Waals surface area contributed by atoms with Crippen LogP contribution in [0.5, 0.6) is 0 Å². The lowest BCUT2D eigenvalue weighted by atomic mass is 10.2. The van der Waals surface area contributed by atoms with Crippen molar-refractivity contribution in [3.63, 3.8) is 0 Å². The van der Waals surface area contributed by atoms with Gasteiger partial charge in [-0.2, -0.15) is 10.2 Å². The molecule has 1 aromatic carbocycles. The average molecular weight is 296 g/mol. The van der Waals surface area contributed by atoms with Gasteiger partial charge in [0.2, 0.25) is 0 Å². The van der Waals surface area contributed by atoms with Crippen LogP contribution in [0.15, 0.2) is 55.4 Å². The second kappa shape index (κ2) is 7.00. The van der Waals surface area contributed by atoms with Crippen LogP contribution in [-0.2, 0) is 19.6 Å². The molecular weight excluding hydrogens is 276 g/mol. The Kier molecular flexibility index (Phi) is 4.60. The number of hydrogen-bond acceptors (Lipinski definition) is 4. The van der Waals surface area contributed by atoms with Crippen LogP contribution in [0.25, 0.3) is 0 Å². The van der Waals surface area contributed by atoms with Gasteiger partial charge >= 0.3 is 0 Å². The van der Waals surface area contributed by atoms with Crippen molar-refractivity contribution in [3.8, 4) is 0 Å². The minimum absolute atomic E-state index is 0.319. The molecule has 6 heteroatoms. The first-order valence-electron chi connectivity index (χ1n) is 7.40. The summed E-state index contributed by atoms with van der Waals surface area (Å²) in [6, 6.07) is 10.7. The summed E-state index contributed by atoms with van der Waals surface area (Å²) in [4.78, 5) is 3.95. The fourth-order valence-electron chi connectivity index (χ4n) is 2.32. The van der Waals surface area contributed by atoms with Gasteiger partial charge in [-0.1, -0.05) is 30.3 Å². The zero-order chi connectivity index (χ0) is 15.2. The van der Waals surface area contributed by atoms with Crippen molar-refractivity contribution in [1.82, 2.24) is 29.9 Å². The summed E-state index contributed by atoms with van der Waals surface area (Å²) in [5, 5.41) is 12.0. The standard InChI is InChI=1S/C16H20N6/c1-14(9-22-13-17-12-20-22)18-7-16-8-19-21(11-16)10-15-5-3-2-4-6-15/h2-6,8,11-14,18H,7,9-10H2,1H3. The van der Waals surface area contributed by atoms with E-state index in [1.165, 1.54) is 11.1 Å². The Labute approximate surface area is 129 Å². The van der Waals surface area contributed by atoms with Crippen LogP contribution in [0, 0.1) is 0 Å². The largest absolute Gasteiger partial charge is 0.308 e. The van der Waals surface area contributed by atoms with E-state index in [-0.39, 0.29) is 0 Å². The smallest absolute Gasteiger partial charge is 0.137 e. The van der Waals surface area contributed by atoms with Crippen molar-refractivity contribution >= 4 is 0 Å². The average Bonchev–Trinajstić information content (AvgIpc) is 3.18. The highest BCUT2D eigenvalue weighted by Gasteiger charge is 2.05. The van der Waals surface area contributed by atoms with Crippen molar-refractivity contribution in [2.45, 2.75) is 32.6 Å². The number of aromatic nitrogens is 5. The van der Waals surface area contributed by atoms with Crippen LogP contribution in [0.2, 0.25) is 0 Å². The predicted molar refractivity (Wildman–Crippen MR) is 84.1 cm³/mol. The van der Waals surface area contributed by atoms with Gasteiger partial charge in [0.1, 0.15) is 12.7 Å². The number of benzene rings is 1. The fourth-order valence-corrected chi connectivity index (χ4v) is 2.32. The molecule has 0 aliphatic rings. The molecule has 6 nitrogen and oxygen atoms in total. The third-order valence-corrected chi connectivity index (χ3v) is 3.46. The maximum Gasteiger partial charge on any atom is 0.137 e. The Morgan fingerprint density at radius 2 is 1.95 bits per heavy atom. The normalized spacial score (nSPS) is 12.4. The summed E-state index contributed by atoms with van der Waals surface area (Å²) in [5.41, 5.74) is 2.44. The zero-order valence-corrected chi connectivity index (χ0v) is 12.6. The van der Waals surface area contributed by atoms with Crippen molar-refractivity contribution < 1.29 is 0 Å². The molecule has 0 saturated heterocycles. The maximum absolute atomic E-state index is 4.41. The first kappa shape index (κ1) is 14.5. The molecule has 2 heterocycles. The topological polar surface area (TPSA) is 60.6 Å². The molecule has 0 bridgehead atoms. The molecule has 1 N–H and O–H groups in total. The summed E-state index contributed by atoms with van der Waals surface area (Å²) >= 11 is 0. The molecule has 1 unspecified atom stereocenters. The highest BCUT2D eigenvalue weighted by atomic mass is 15.3. The molecule has 0 saturated carbocycles. The third kappa shape index (κ3) is 4.02. The van der Waals surface area contributed by atoms with E-state index in [9.17, 15) is 0 Å².